The molecule has 0 saturated carbocycles. The van der Waals surface area contributed by atoms with E-state index in [1.165, 1.54) is 12.1 Å². The molecule has 34 heavy (non-hydrogen) atoms. The van der Waals surface area contributed by atoms with Gasteiger partial charge in [0.25, 0.3) is 5.91 Å². The summed E-state index contributed by atoms with van der Waals surface area (Å²) in [7, 11) is 0. The molecule has 1 amide bonds. The smallest absolute Gasteiger partial charge is 0.251 e. The fourth-order valence-electron chi connectivity index (χ4n) is 4.61. The molecule has 0 fully saturated rings. The van der Waals surface area contributed by atoms with E-state index in [9.17, 15) is 18.4 Å². The highest BCUT2D eigenvalue weighted by Crippen LogP contribution is 2.36. The van der Waals surface area contributed by atoms with Crippen LogP contribution in [0.25, 0.3) is 6.08 Å². The molecule has 1 aliphatic rings. The monoisotopic (exact) mass is 459 g/mol. The minimum atomic E-state index is -1.11. The summed E-state index contributed by atoms with van der Waals surface area (Å²) in [5.41, 5.74) is 3.10. The predicted octanol–water partition coefficient (Wildman–Crippen LogP) is 6.87. The lowest BCUT2D eigenvalue weighted by Crippen LogP contribution is -2.28. The first-order chi connectivity index (χ1) is 16.4. The average Bonchev–Trinajstić information content (AvgIpc) is 3.02. The molecular weight excluding hydrogens is 432 g/mol. The van der Waals surface area contributed by atoms with E-state index < -0.39 is 23.3 Å². The Morgan fingerprint density at radius 2 is 1.79 bits per heavy atom. The number of ketones is 1. The van der Waals surface area contributed by atoms with Gasteiger partial charge in [-0.3, -0.25) is 9.59 Å². The van der Waals surface area contributed by atoms with E-state index in [1.807, 2.05) is 68.5 Å². The molecule has 5 heteroatoms. The molecule has 0 aromatic heterocycles. The number of amides is 1. The fraction of sp³-hybridized carbons (Fsp3) is 0.241. The lowest BCUT2D eigenvalue weighted by Gasteiger charge is -2.23. The SMILES string of the molecule is CCC(NC(=O)c1ccc2c(c1)C=CCC(C(=O)c1cccc(F)c1F)C2C)c1ccccc1. The molecule has 4 rings (SSSR count). The van der Waals surface area contributed by atoms with Crippen LogP contribution in [0.15, 0.2) is 72.8 Å². The molecule has 0 bridgehead atoms. The van der Waals surface area contributed by atoms with E-state index in [-0.39, 0.29) is 23.4 Å². The summed E-state index contributed by atoms with van der Waals surface area (Å²) in [5.74, 6) is -3.49. The number of fused-ring (bicyclic) bond motifs is 1. The first-order valence-electron chi connectivity index (χ1n) is 11.5. The minimum absolute atomic E-state index is 0.0925. The van der Waals surface area contributed by atoms with Gasteiger partial charge in [-0.25, -0.2) is 8.78 Å². The van der Waals surface area contributed by atoms with Gasteiger partial charge in [0, 0.05) is 11.5 Å². The van der Waals surface area contributed by atoms with E-state index in [0.29, 0.717) is 12.0 Å². The summed E-state index contributed by atoms with van der Waals surface area (Å²) in [5, 5.41) is 3.10. The summed E-state index contributed by atoms with van der Waals surface area (Å²) in [6.07, 6.45) is 4.92. The van der Waals surface area contributed by atoms with Crippen molar-refractivity contribution in [1.29, 1.82) is 0 Å². The fourth-order valence-corrected chi connectivity index (χ4v) is 4.61. The summed E-state index contributed by atoms with van der Waals surface area (Å²) < 4.78 is 28.0. The second-order valence-corrected chi connectivity index (χ2v) is 8.69. The van der Waals surface area contributed by atoms with Crippen molar-refractivity contribution in [1.82, 2.24) is 5.32 Å². The lowest BCUT2D eigenvalue weighted by molar-refractivity contribution is 0.0897. The number of hydrogen-bond acceptors (Lipinski definition) is 2. The van der Waals surface area contributed by atoms with Crippen LogP contribution in [-0.2, 0) is 0 Å². The van der Waals surface area contributed by atoms with Crippen LogP contribution in [0.1, 0.15) is 76.1 Å². The summed E-state index contributed by atoms with van der Waals surface area (Å²) in [4.78, 5) is 26.1. The second kappa shape index (κ2) is 10.1. The third-order valence-corrected chi connectivity index (χ3v) is 6.60. The predicted molar refractivity (Wildman–Crippen MR) is 130 cm³/mol. The Balaban J connectivity index is 1.57. The van der Waals surface area contributed by atoms with E-state index in [2.05, 4.69) is 5.32 Å². The van der Waals surface area contributed by atoms with Crippen LogP contribution in [-0.4, -0.2) is 11.7 Å². The van der Waals surface area contributed by atoms with Crippen molar-refractivity contribution < 1.29 is 18.4 Å². The van der Waals surface area contributed by atoms with Crippen molar-refractivity contribution in [2.75, 3.05) is 0 Å². The van der Waals surface area contributed by atoms with Crippen LogP contribution in [0.4, 0.5) is 8.78 Å². The molecule has 1 N–H and O–H groups in total. The van der Waals surface area contributed by atoms with Crippen molar-refractivity contribution in [2.45, 2.75) is 38.6 Å². The highest BCUT2D eigenvalue weighted by atomic mass is 19.2. The number of benzene rings is 3. The maximum atomic E-state index is 14.3. The van der Waals surface area contributed by atoms with Crippen LogP contribution in [0, 0.1) is 17.6 Å². The van der Waals surface area contributed by atoms with Crippen molar-refractivity contribution in [3.05, 3.63) is 112 Å². The lowest BCUT2D eigenvalue weighted by atomic mass is 9.80. The normalized spacial score (nSPS) is 18.0. The van der Waals surface area contributed by atoms with Gasteiger partial charge in [0.1, 0.15) is 0 Å². The number of carbonyl (C=O) groups excluding carboxylic acids is 2. The zero-order valence-corrected chi connectivity index (χ0v) is 19.2. The molecule has 0 heterocycles. The molecule has 0 spiro atoms. The maximum absolute atomic E-state index is 14.3. The summed E-state index contributed by atoms with van der Waals surface area (Å²) in [6, 6.07) is 18.9. The number of hydrogen-bond donors (Lipinski definition) is 1. The highest BCUT2D eigenvalue weighted by Gasteiger charge is 2.31. The van der Waals surface area contributed by atoms with Gasteiger partial charge >= 0.3 is 0 Å². The Hall–Kier alpha value is -3.60. The van der Waals surface area contributed by atoms with E-state index in [4.69, 9.17) is 0 Å². The number of rotatable bonds is 6. The van der Waals surface area contributed by atoms with Crippen molar-refractivity contribution in [3.8, 4) is 0 Å². The Bertz CT molecular complexity index is 1240. The molecule has 3 unspecified atom stereocenters. The van der Waals surface area contributed by atoms with Gasteiger partial charge in [0.05, 0.1) is 11.6 Å². The topological polar surface area (TPSA) is 46.2 Å². The highest BCUT2D eigenvalue weighted by molar-refractivity contribution is 5.99. The van der Waals surface area contributed by atoms with Gasteiger partial charge in [0.15, 0.2) is 17.4 Å². The maximum Gasteiger partial charge on any atom is 0.251 e. The average molecular weight is 460 g/mol. The van der Waals surface area contributed by atoms with E-state index in [1.54, 1.807) is 6.07 Å². The number of allylic oxidation sites excluding steroid dienone is 1. The first kappa shape index (κ1) is 23.6. The zero-order chi connectivity index (χ0) is 24.2. The molecule has 0 aliphatic heterocycles. The molecule has 3 aromatic rings. The van der Waals surface area contributed by atoms with Crippen molar-refractivity contribution in [3.63, 3.8) is 0 Å². The molecular formula is C29H27F2NO2. The first-order valence-corrected chi connectivity index (χ1v) is 11.5. The Labute approximate surface area is 198 Å². The molecule has 1 aliphatic carbocycles. The van der Waals surface area contributed by atoms with Crippen LogP contribution < -0.4 is 5.32 Å². The molecule has 174 valence electrons. The van der Waals surface area contributed by atoms with Gasteiger partial charge < -0.3 is 5.32 Å². The molecule has 3 nitrogen and oxygen atoms in total. The Morgan fingerprint density at radius 3 is 2.53 bits per heavy atom. The largest absolute Gasteiger partial charge is 0.345 e. The Morgan fingerprint density at radius 1 is 1.03 bits per heavy atom. The molecule has 3 aromatic carbocycles. The zero-order valence-electron chi connectivity index (χ0n) is 19.2. The number of carbonyl (C=O) groups is 2. The number of Topliss-reactive ketones (excluding diaryl/α,β-unsaturated/α-hetero) is 1. The van der Waals surface area contributed by atoms with Gasteiger partial charge in [0.2, 0.25) is 0 Å². The van der Waals surface area contributed by atoms with Gasteiger partial charge in [-0.2, -0.15) is 0 Å². The van der Waals surface area contributed by atoms with Crippen LogP contribution in [0.5, 0.6) is 0 Å². The third kappa shape index (κ3) is 4.69. The van der Waals surface area contributed by atoms with Gasteiger partial charge in [-0.05, 0) is 59.7 Å². The van der Waals surface area contributed by atoms with Crippen molar-refractivity contribution >= 4 is 17.8 Å². The van der Waals surface area contributed by atoms with E-state index in [0.717, 1.165) is 29.2 Å². The number of halogens is 2. The molecule has 0 saturated heterocycles. The number of nitrogens with one attached hydrogen (secondary N) is 1. The summed E-state index contributed by atoms with van der Waals surface area (Å²) >= 11 is 0. The van der Waals surface area contributed by atoms with Gasteiger partial charge in [-0.15, -0.1) is 0 Å². The molecule has 0 radical (unpaired) electrons. The van der Waals surface area contributed by atoms with Crippen LogP contribution in [0.2, 0.25) is 0 Å². The van der Waals surface area contributed by atoms with Gasteiger partial charge in [-0.1, -0.05) is 68.5 Å². The quantitative estimate of drug-likeness (QED) is 0.409. The van der Waals surface area contributed by atoms with Crippen LogP contribution >= 0.6 is 0 Å². The van der Waals surface area contributed by atoms with Crippen LogP contribution in [0.3, 0.4) is 0 Å². The van der Waals surface area contributed by atoms with Crippen molar-refractivity contribution in [2.24, 2.45) is 5.92 Å². The Kier molecular flexibility index (Phi) is 7.01. The minimum Gasteiger partial charge on any atom is -0.345 e. The third-order valence-electron chi connectivity index (χ3n) is 6.60. The van der Waals surface area contributed by atoms with E-state index >= 15 is 0 Å². The standard InChI is InChI=1S/C29H27F2NO2/c1-3-26(19-9-5-4-6-10-19)32-29(34)21-15-16-22-18(2)23(12-7-11-20(22)17-21)28(33)24-13-8-14-25(30)27(24)31/h4-11,13-18,23,26H,3,12H2,1-2H3,(H,32,34). The second-order valence-electron chi connectivity index (χ2n) is 8.69. The summed E-state index contributed by atoms with van der Waals surface area (Å²) in [6.45, 7) is 3.94. The molecule has 3 atom stereocenters.